The number of rotatable bonds is 2. The summed E-state index contributed by atoms with van der Waals surface area (Å²) in [4.78, 5) is 28.0. The molecule has 5 nitrogen and oxygen atoms in total. The van der Waals surface area contributed by atoms with E-state index in [9.17, 15) is 9.59 Å². The fourth-order valence-corrected chi connectivity index (χ4v) is 2.10. The molecular weight excluding hydrogens is 336 g/mol. The van der Waals surface area contributed by atoms with Crippen molar-refractivity contribution in [1.29, 1.82) is 0 Å². The van der Waals surface area contributed by atoms with Crippen LogP contribution in [0.4, 0.5) is 5.69 Å². The van der Waals surface area contributed by atoms with Crippen molar-refractivity contribution in [3.05, 3.63) is 69.2 Å². The minimum Gasteiger partial charge on any atom is -0.422 e. The van der Waals surface area contributed by atoms with Crippen LogP contribution in [0, 0.1) is 0 Å². The van der Waals surface area contributed by atoms with E-state index in [1.165, 1.54) is 12.3 Å². The molecule has 2 aromatic heterocycles. The van der Waals surface area contributed by atoms with Gasteiger partial charge in [-0.15, -0.1) is 0 Å². The van der Waals surface area contributed by atoms with Crippen molar-refractivity contribution in [1.82, 2.24) is 4.98 Å². The molecule has 104 valence electrons. The van der Waals surface area contributed by atoms with Gasteiger partial charge in [0.2, 0.25) is 0 Å². The molecule has 0 spiro atoms. The number of nitrogens with zero attached hydrogens (tertiary/aromatic N) is 1. The maximum Gasteiger partial charge on any atom is 0.349 e. The molecule has 1 N–H and O–H groups in total. The van der Waals surface area contributed by atoms with Crippen LogP contribution < -0.4 is 10.9 Å². The predicted octanol–water partition coefficient (Wildman–Crippen LogP) is 3.20. The number of amides is 1. The van der Waals surface area contributed by atoms with Crippen molar-refractivity contribution in [2.45, 2.75) is 0 Å². The third-order valence-electron chi connectivity index (χ3n) is 2.87. The van der Waals surface area contributed by atoms with Gasteiger partial charge < -0.3 is 9.73 Å². The Morgan fingerprint density at radius 3 is 2.76 bits per heavy atom. The summed E-state index contributed by atoms with van der Waals surface area (Å²) in [5.74, 6) is -0.529. The Morgan fingerprint density at radius 2 is 2.00 bits per heavy atom. The lowest BCUT2D eigenvalue weighted by Crippen LogP contribution is -2.20. The molecule has 0 aliphatic heterocycles. The molecule has 0 atom stereocenters. The highest BCUT2D eigenvalue weighted by Crippen LogP contribution is 2.14. The van der Waals surface area contributed by atoms with Crippen molar-refractivity contribution in [2.75, 3.05) is 5.32 Å². The number of para-hydroxylation sites is 1. The molecule has 0 aliphatic rings. The van der Waals surface area contributed by atoms with Gasteiger partial charge in [0, 0.05) is 5.39 Å². The van der Waals surface area contributed by atoms with E-state index in [1.54, 1.807) is 30.3 Å². The van der Waals surface area contributed by atoms with Crippen LogP contribution in [0.25, 0.3) is 11.0 Å². The highest BCUT2D eigenvalue weighted by Gasteiger charge is 2.13. The predicted molar refractivity (Wildman–Crippen MR) is 82.4 cm³/mol. The number of hydrogen-bond donors (Lipinski definition) is 1. The first-order chi connectivity index (χ1) is 10.1. The molecule has 0 fully saturated rings. The zero-order chi connectivity index (χ0) is 14.8. The lowest BCUT2D eigenvalue weighted by molar-refractivity contribution is 0.102. The molecule has 0 saturated heterocycles. The summed E-state index contributed by atoms with van der Waals surface area (Å²) in [6.45, 7) is 0. The molecule has 3 aromatic rings. The number of carbonyl (C=O) groups is 1. The average molecular weight is 345 g/mol. The molecule has 0 radical (unpaired) electrons. The van der Waals surface area contributed by atoms with Crippen molar-refractivity contribution < 1.29 is 9.21 Å². The van der Waals surface area contributed by atoms with Crippen LogP contribution >= 0.6 is 15.9 Å². The van der Waals surface area contributed by atoms with Crippen LogP contribution in [0.5, 0.6) is 0 Å². The second-order valence-electron chi connectivity index (χ2n) is 4.31. The molecule has 3 rings (SSSR count). The summed E-state index contributed by atoms with van der Waals surface area (Å²) < 4.78 is 5.79. The fraction of sp³-hybridized carbons (Fsp3) is 0. The number of pyridine rings is 1. The fourth-order valence-electron chi connectivity index (χ4n) is 1.87. The number of benzene rings is 1. The molecule has 6 heteroatoms. The highest BCUT2D eigenvalue weighted by molar-refractivity contribution is 9.10. The Morgan fingerprint density at radius 1 is 1.19 bits per heavy atom. The summed E-state index contributed by atoms with van der Waals surface area (Å²) in [7, 11) is 0. The topological polar surface area (TPSA) is 72.2 Å². The first-order valence-corrected chi connectivity index (χ1v) is 6.88. The van der Waals surface area contributed by atoms with Gasteiger partial charge in [-0.1, -0.05) is 18.2 Å². The molecular formula is C15H9BrN2O3. The molecule has 1 amide bonds. The standard InChI is InChI=1S/C15H9BrN2O3/c16-13-6-5-10(8-17-13)18-14(19)11-7-9-3-1-2-4-12(9)21-15(11)20/h1-8H,(H,18,19). The summed E-state index contributed by atoms with van der Waals surface area (Å²) in [5, 5.41) is 3.30. The first-order valence-electron chi connectivity index (χ1n) is 6.09. The number of carbonyl (C=O) groups excluding carboxylic acids is 1. The van der Waals surface area contributed by atoms with Gasteiger partial charge in [-0.25, -0.2) is 9.78 Å². The maximum absolute atomic E-state index is 12.2. The second kappa shape index (κ2) is 5.49. The van der Waals surface area contributed by atoms with Gasteiger partial charge in [-0.05, 0) is 40.2 Å². The van der Waals surface area contributed by atoms with Gasteiger partial charge in [-0.2, -0.15) is 0 Å². The largest absolute Gasteiger partial charge is 0.422 e. The van der Waals surface area contributed by atoms with Gasteiger partial charge in [0.25, 0.3) is 5.91 Å². The highest BCUT2D eigenvalue weighted by atomic mass is 79.9. The zero-order valence-electron chi connectivity index (χ0n) is 10.7. The van der Waals surface area contributed by atoms with Crippen molar-refractivity contribution in [3.8, 4) is 0 Å². The average Bonchev–Trinajstić information content (AvgIpc) is 2.49. The van der Waals surface area contributed by atoms with Gasteiger partial charge in [0.15, 0.2) is 0 Å². The van der Waals surface area contributed by atoms with Gasteiger partial charge in [-0.3, -0.25) is 4.79 Å². The van der Waals surface area contributed by atoms with E-state index in [0.29, 0.717) is 21.3 Å². The van der Waals surface area contributed by atoms with Crippen LogP contribution in [0.3, 0.4) is 0 Å². The Hall–Kier alpha value is -2.47. The first kappa shape index (κ1) is 13.5. The molecule has 0 bridgehead atoms. The Kier molecular flexibility index (Phi) is 3.53. The summed E-state index contributed by atoms with van der Waals surface area (Å²) in [5.41, 5.74) is 0.230. The van der Waals surface area contributed by atoms with Crippen molar-refractivity contribution >= 4 is 38.5 Å². The number of hydrogen-bond acceptors (Lipinski definition) is 4. The third kappa shape index (κ3) is 2.85. The maximum atomic E-state index is 12.2. The molecule has 0 saturated carbocycles. The molecule has 0 unspecified atom stereocenters. The molecule has 0 aliphatic carbocycles. The van der Waals surface area contributed by atoms with Gasteiger partial charge in [0.1, 0.15) is 15.7 Å². The van der Waals surface area contributed by atoms with E-state index < -0.39 is 11.5 Å². The van der Waals surface area contributed by atoms with E-state index >= 15 is 0 Å². The molecule has 21 heavy (non-hydrogen) atoms. The Balaban J connectivity index is 1.95. The number of aromatic nitrogens is 1. The Bertz CT molecular complexity index is 872. The number of fused-ring (bicyclic) bond motifs is 1. The summed E-state index contributed by atoms with van der Waals surface area (Å²) >= 11 is 3.21. The van der Waals surface area contributed by atoms with E-state index in [4.69, 9.17) is 4.42 Å². The van der Waals surface area contributed by atoms with Crippen LogP contribution in [-0.2, 0) is 0 Å². The van der Waals surface area contributed by atoms with Crippen LogP contribution in [-0.4, -0.2) is 10.9 Å². The van der Waals surface area contributed by atoms with E-state index in [-0.39, 0.29) is 5.56 Å². The zero-order valence-corrected chi connectivity index (χ0v) is 12.3. The SMILES string of the molecule is O=C(Nc1ccc(Br)nc1)c1cc2ccccc2oc1=O. The third-order valence-corrected chi connectivity index (χ3v) is 3.34. The van der Waals surface area contributed by atoms with E-state index in [2.05, 4.69) is 26.2 Å². The molecule has 2 heterocycles. The monoisotopic (exact) mass is 344 g/mol. The smallest absolute Gasteiger partial charge is 0.349 e. The minimum atomic E-state index is -0.670. The van der Waals surface area contributed by atoms with Crippen molar-refractivity contribution in [3.63, 3.8) is 0 Å². The minimum absolute atomic E-state index is 0.0448. The van der Waals surface area contributed by atoms with Gasteiger partial charge >= 0.3 is 5.63 Å². The van der Waals surface area contributed by atoms with Crippen molar-refractivity contribution in [2.24, 2.45) is 0 Å². The quantitative estimate of drug-likeness (QED) is 0.572. The van der Waals surface area contributed by atoms with E-state index in [1.807, 2.05) is 6.07 Å². The van der Waals surface area contributed by atoms with Crippen LogP contribution in [0.15, 0.2) is 62.5 Å². The lowest BCUT2D eigenvalue weighted by Gasteiger charge is -2.04. The van der Waals surface area contributed by atoms with Crippen LogP contribution in [0.1, 0.15) is 10.4 Å². The summed E-state index contributed by atoms with van der Waals surface area (Å²) in [6.07, 6.45) is 1.49. The lowest BCUT2D eigenvalue weighted by atomic mass is 10.2. The van der Waals surface area contributed by atoms with E-state index in [0.717, 1.165) is 0 Å². The number of nitrogens with one attached hydrogen (secondary N) is 1. The van der Waals surface area contributed by atoms with Crippen LogP contribution in [0.2, 0.25) is 0 Å². The second-order valence-corrected chi connectivity index (χ2v) is 5.12. The Labute approximate surface area is 127 Å². The number of halogens is 1. The van der Waals surface area contributed by atoms with Gasteiger partial charge in [0.05, 0.1) is 11.9 Å². The molecule has 1 aromatic carbocycles. The summed E-state index contributed by atoms with van der Waals surface area (Å²) in [6, 6.07) is 11.9. The normalized spacial score (nSPS) is 10.5. The number of anilines is 1.